The number of rotatable bonds is 17. The number of aliphatic hydroxyl groups is 1. The molecule has 1 N–H and O–H groups in total. The van der Waals surface area contributed by atoms with E-state index in [0.29, 0.717) is 52.5 Å². The van der Waals surface area contributed by atoms with Gasteiger partial charge in [-0.05, 0) is 35.1 Å². The molecule has 5 rings (SSSR count). The van der Waals surface area contributed by atoms with Gasteiger partial charge in [-0.2, -0.15) is 0 Å². The predicted molar refractivity (Wildman–Crippen MR) is 182 cm³/mol. The molecule has 0 amide bonds. The van der Waals surface area contributed by atoms with Crippen LogP contribution in [0.15, 0.2) is 121 Å². The molecule has 4 aromatic rings. The Morgan fingerprint density at radius 2 is 1.04 bits per heavy atom. The van der Waals surface area contributed by atoms with Crippen LogP contribution in [-0.2, 0) is 49.9 Å². The van der Waals surface area contributed by atoms with Gasteiger partial charge in [0, 0.05) is 9.47 Å². The largest absolute Gasteiger partial charge is 0.377 e. The van der Waals surface area contributed by atoms with Crippen molar-refractivity contribution in [2.45, 2.75) is 67.8 Å². The van der Waals surface area contributed by atoms with Crippen LogP contribution >= 0.6 is 21.2 Å². The lowest BCUT2D eigenvalue weighted by Crippen LogP contribution is -2.62. The molecular weight excluding hydrogens is 603 g/mol. The van der Waals surface area contributed by atoms with Crippen LogP contribution in [0, 0.1) is 0 Å². The van der Waals surface area contributed by atoms with Crippen LogP contribution in [0.2, 0.25) is 0 Å². The summed E-state index contributed by atoms with van der Waals surface area (Å²) in [7, 11) is 2.30. The second-order valence-electron chi connectivity index (χ2n) is 11.2. The van der Waals surface area contributed by atoms with Gasteiger partial charge in [-0.15, -0.1) is 11.8 Å². The summed E-state index contributed by atoms with van der Waals surface area (Å²) >= 11 is 1.47. The Bertz CT molecular complexity index is 1370. The zero-order chi connectivity index (χ0) is 31.2. The highest BCUT2D eigenvalue weighted by molar-refractivity contribution is 8.01. The van der Waals surface area contributed by atoms with Crippen molar-refractivity contribution in [3.8, 4) is 0 Å². The van der Waals surface area contributed by atoms with Gasteiger partial charge < -0.3 is 28.6 Å². The summed E-state index contributed by atoms with van der Waals surface area (Å²) in [6, 6.07) is 40.3. The van der Waals surface area contributed by atoms with E-state index >= 15 is 0 Å². The van der Waals surface area contributed by atoms with Crippen molar-refractivity contribution >= 4 is 21.2 Å². The Labute approximate surface area is 273 Å². The molecule has 0 aromatic heterocycles. The Morgan fingerprint density at radius 1 is 0.600 bits per heavy atom. The summed E-state index contributed by atoms with van der Waals surface area (Å²) in [5.41, 5.74) is 4.22. The van der Waals surface area contributed by atoms with Crippen LogP contribution in [0.3, 0.4) is 0 Å². The van der Waals surface area contributed by atoms with Crippen molar-refractivity contribution in [3.05, 3.63) is 144 Å². The first-order valence-electron chi connectivity index (χ1n) is 15.4. The lowest BCUT2D eigenvalue weighted by molar-refractivity contribution is -0.198. The Kier molecular flexibility index (Phi) is 13.5. The fourth-order valence-electron chi connectivity index (χ4n) is 5.55. The quantitative estimate of drug-likeness (QED) is 0.0951. The first-order chi connectivity index (χ1) is 22.1. The fourth-order valence-corrected chi connectivity index (χ4v) is 7.37. The molecule has 1 heterocycles. The topological polar surface area (TPSA) is 66.4 Å². The maximum absolute atomic E-state index is 12.5. The molecule has 1 saturated heterocycles. The molecule has 2 unspecified atom stereocenters. The van der Waals surface area contributed by atoms with Crippen LogP contribution in [0.1, 0.15) is 35.1 Å². The summed E-state index contributed by atoms with van der Waals surface area (Å²) in [4.78, 5) is -1.27. The molecule has 8 heteroatoms. The number of benzene rings is 4. The minimum absolute atomic E-state index is 0.225. The molecule has 0 saturated carbocycles. The third-order valence-corrected chi connectivity index (χ3v) is 9.61. The molecule has 4 aromatic carbocycles. The molecule has 45 heavy (non-hydrogen) atoms. The van der Waals surface area contributed by atoms with E-state index in [1.54, 1.807) is 0 Å². The van der Waals surface area contributed by atoms with Crippen molar-refractivity contribution in [2.24, 2.45) is 0 Å². The number of thioether (sulfide) groups is 1. The van der Waals surface area contributed by atoms with E-state index in [4.69, 9.17) is 23.5 Å². The van der Waals surface area contributed by atoms with Crippen molar-refractivity contribution in [2.75, 3.05) is 13.2 Å². The van der Waals surface area contributed by atoms with E-state index in [9.17, 15) is 5.11 Å². The van der Waals surface area contributed by atoms with Crippen molar-refractivity contribution < 1.29 is 28.6 Å². The standard InChI is InChI=1S/C37H43O6PS/c38-37(22-13-23-43-44)36(42-27-32-20-11-4-12-21-32)35(41-26-31-18-9-3-10-19-31)34(40-25-30-16-7-2-8-17-30)33(45-37)28-39-24-29-14-5-1-6-15-29/h1-12,14-21,33-36,38H,13,22-28,44H2/t33-,34-,35+,36-,37?/m1/s1. The minimum Gasteiger partial charge on any atom is -0.377 e. The zero-order valence-electron chi connectivity index (χ0n) is 25.5. The van der Waals surface area contributed by atoms with Gasteiger partial charge in [0.1, 0.15) is 23.2 Å². The molecule has 0 aliphatic carbocycles. The molecule has 0 spiro atoms. The van der Waals surface area contributed by atoms with Crippen LogP contribution < -0.4 is 0 Å². The number of ether oxygens (including phenoxy) is 4. The van der Waals surface area contributed by atoms with E-state index in [1.165, 1.54) is 11.8 Å². The average molecular weight is 647 g/mol. The smallest absolute Gasteiger partial charge is 0.139 e. The number of hydrogen-bond acceptors (Lipinski definition) is 7. The monoisotopic (exact) mass is 646 g/mol. The van der Waals surface area contributed by atoms with Crippen molar-refractivity contribution in [1.29, 1.82) is 0 Å². The fraction of sp³-hybridized carbons (Fsp3) is 0.351. The molecule has 0 bridgehead atoms. The van der Waals surface area contributed by atoms with Gasteiger partial charge >= 0.3 is 0 Å². The third kappa shape index (κ3) is 10.2. The third-order valence-electron chi connectivity index (χ3n) is 7.82. The van der Waals surface area contributed by atoms with Crippen LogP contribution in [0.5, 0.6) is 0 Å². The molecule has 1 aliphatic rings. The highest BCUT2D eigenvalue weighted by Crippen LogP contribution is 2.47. The second-order valence-corrected chi connectivity index (χ2v) is 13.1. The zero-order valence-corrected chi connectivity index (χ0v) is 27.5. The van der Waals surface area contributed by atoms with Crippen molar-refractivity contribution in [1.82, 2.24) is 0 Å². The maximum Gasteiger partial charge on any atom is 0.139 e. The van der Waals surface area contributed by atoms with Gasteiger partial charge in [-0.25, -0.2) is 0 Å². The van der Waals surface area contributed by atoms with Crippen molar-refractivity contribution in [3.63, 3.8) is 0 Å². The van der Waals surface area contributed by atoms with E-state index in [1.807, 2.05) is 97.1 Å². The molecule has 1 fully saturated rings. The van der Waals surface area contributed by atoms with Gasteiger partial charge in [0.15, 0.2) is 0 Å². The van der Waals surface area contributed by atoms with E-state index in [-0.39, 0.29) is 5.25 Å². The maximum atomic E-state index is 12.5. The molecule has 0 radical (unpaired) electrons. The van der Waals surface area contributed by atoms with Gasteiger partial charge in [0.2, 0.25) is 0 Å². The summed E-state index contributed by atoms with van der Waals surface area (Å²) < 4.78 is 31.8. The Balaban J connectivity index is 1.45. The summed E-state index contributed by atoms with van der Waals surface area (Å²) in [6.45, 7) is 2.42. The lowest BCUT2D eigenvalue weighted by Gasteiger charge is -2.50. The number of hydrogen-bond donors (Lipinski definition) is 1. The average Bonchev–Trinajstić information content (AvgIpc) is 3.08. The van der Waals surface area contributed by atoms with Gasteiger partial charge in [-0.1, -0.05) is 121 Å². The molecule has 6 atom stereocenters. The summed E-state index contributed by atoms with van der Waals surface area (Å²) in [5, 5.41) is 12.3. The SMILES string of the molecule is OC1(CCCOP)S[C@H](COCc2ccccc2)[C@@H](OCc2ccccc2)[C@H](OCc2ccccc2)[C@H]1OCc1ccccc1. The molecular formula is C37H43O6PS. The lowest BCUT2D eigenvalue weighted by atomic mass is 9.95. The summed E-state index contributed by atoms with van der Waals surface area (Å²) in [6.07, 6.45) is -0.574. The van der Waals surface area contributed by atoms with E-state index in [0.717, 1.165) is 22.3 Å². The van der Waals surface area contributed by atoms with Crippen LogP contribution in [0.25, 0.3) is 0 Å². The van der Waals surface area contributed by atoms with Crippen LogP contribution in [0.4, 0.5) is 0 Å². The summed E-state index contributed by atoms with van der Waals surface area (Å²) in [5.74, 6) is 0. The highest BCUT2D eigenvalue weighted by Gasteiger charge is 2.55. The molecule has 1 aliphatic heterocycles. The first-order valence-corrected chi connectivity index (χ1v) is 16.8. The van der Waals surface area contributed by atoms with E-state index < -0.39 is 23.2 Å². The molecule has 6 nitrogen and oxygen atoms in total. The van der Waals surface area contributed by atoms with Gasteiger partial charge in [-0.3, -0.25) is 0 Å². The normalized spacial score (nSPS) is 23.2. The second kappa shape index (κ2) is 17.9. The van der Waals surface area contributed by atoms with Crippen LogP contribution in [-0.4, -0.2) is 46.8 Å². The highest BCUT2D eigenvalue weighted by atomic mass is 32.2. The Hall–Kier alpha value is -2.58. The van der Waals surface area contributed by atoms with E-state index in [2.05, 4.69) is 33.7 Å². The first kappa shape index (κ1) is 33.8. The Morgan fingerprint density at radius 3 is 1.53 bits per heavy atom. The minimum atomic E-state index is -1.27. The van der Waals surface area contributed by atoms with Gasteiger partial charge in [0.25, 0.3) is 0 Å². The predicted octanol–water partition coefficient (Wildman–Crippen LogP) is 7.35. The molecule has 238 valence electrons. The van der Waals surface area contributed by atoms with Gasteiger partial charge in [0.05, 0.1) is 44.9 Å².